The molecule has 0 bridgehead atoms. The summed E-state index contributed by atoms with van der Waals surface area (Å²) in [7, 11) is 0. The van der Waals surface area contributed by atoms with Crippen molar-refractivity contribution in [3.63, 3.8) is 0 Å². The van der Waals surface area contributed by atoms with Crippen molar-refractivity contribution in [1.82, 2.24) is 10.2 Å². The predicted molar refractivity (Wildman–Crippen MR) is 90.6 cm³/mol. The molecule has 1 aliphatic heterocycles. The van der Waals surface area contributed by atoms with Gasteiger partial charge >= 0.3 is 0 Å². The molecule has 0 radical (unpaired) electrons. The lowest BCUT2D eigenvalue weighted by atomic mass is 10.1. The predicted octanol–water partition coefficient (Wildman–Crippen LogP) is 1.73. The van der Waals surface area contributed by atoms with Crippen LogP contribution in [0.15, 0.2) is 24.3 Å². The summed E-state index contributed by atoms with van der Waals surface area (Å²) in [6.45, 7) is 6.51. The van der Waals surface area contributed by atoms with Gasteiger partial charge in [-0.05, 0) is 38.4 Å². The standard InChI is InChI=1S/C18H28N2O3/c1-3-18(22)19-15-5-4-10-20(11-15)12-16(21)13-23-17-8-6-14(2)7-9-17/h6-9,15-16,21H,3-5,10-13H2,1-2H3,(H,19,22). The van der Waals surface area contributed by atoms with Crippen LogP contribution in [-0.2, 0) is 4.79 Å². The van der Waals surface area contributed by atoms with Crippen molar-refractivity contribution in [3.05, 3.63) is 29.8 Å². The Bertz CT molecular complexity index is 490. The van der Waals surface area contributed by atoms with Gasteiger partial charge in [0, 0.05) is 25.6 Å². The van der Waals surface area contributed by atoms with E-state index in [4.69, 9.17) is 4.74 Å². The Morgan fingerprint density at radius 1 is 1.43 bits per heavy atom. The molecular formula is C18H28N2O3. The summed E-state index contributed by atoms with van der Waals surface area (Å²) in [5.41, 5.74) is 1.19. The topological polar surface area (TPSA) is 61.8 Å². The van der Waals surface area contributed by atoms with Crippen molar-refractivity contribution < 1.29 is 14.6 Å². The third kappa shape index (κ3) is 6.20. The first-order valence-electron chi connectivity index (χ1n) is 8.46. The van der Waals surface area contributed by atoms with E-state index in [1.165, 1.54) is 5.56 Å². The maximum Gasteiger partial charge on any atom is 0.219 e. The fourth-order valence-electron chi connectivity index (χ4n) is 2.85. The minimum Gasteiger partial charge on any atom is -0.491 e. The number of rotatable bonds is 7. The van der Waals surface area contributed by atoms with Gasteiger partial charge in [-0.2, -0.15) is 0 Å². The molecule has 0 saturated carbocycles. The molecule has 0 aliphatic carbocycles. The SMILES string of the molecule is CCC(=O)NC1CCCN(CC(O)COc2ccc(C)cc2)C1. The van der Waals surface area contributed by atoms with Gasteiger partial charge in [0.15, 0.2) is 0 Å². The molecule has 5 heteroatoms. The molecule has 0 aromatic heterocycles. The zero-order chi connectivity index (χ0) is 16.7. The average Bonchev–Trinajstić information content (AvgIpc) is 2.54. The molecule has 128 valence electrons. The summed E-state index contributed by atoms with van der Waals surface area (Å²) < 4.78 is 5.63. The number of amides is 1. The maximum absolute atomic E-state index is 11.5. The van der Waals surface area contributed by atoms with Gasteiger partial charge in [-0.3, -0.25) is 9.69 Å². The fourth-order valence-corrected chi connectivity index (χ4v) is 2.85. The molecule has 1 fully saturated rings. The van der Waals surface area contributed by atoms with Crippen molar-refractivity contribution in [2.24, 2.45) is 0 Å². The lowest BCUT2D eigenvalue weighted by molar-refractivity contribution is -0.121. The molecule has 23 heavy (non-hydrogen) atoms. The largest absolute Gasteiger partial charge is 0.491 e. The van der Waals surface area contributed by atoms with E-state index in [1.54, 1.807) is 0 Å². The van der Waals surface area contributed by atoms with Gasteiger partial charge in [-0.25, -0.2) is 0 Å². The Morgan fingerprint density at radius 3 is 2.87 bits per heavy atom. The van der Waals surface area contributed by atoms with Crippen LogP contribution in [0.3, 0.4) is 0 Å². The highest BCUT2D eigenvalue weighted by atomic mass is 16.5. The second kappa shape index (κ2) is 8.89. The smallest absolute Gasteiger partial charge is 0.219 e. The molecule has 1 amide bonds. The van der Waals surface area contributed by atoms with Crippen molar-refractivity contribution in [2.45, 2.75) is 45.3 Å². The highest BCUT2D eigenvalue weighted by Crippen LogP contribution is 2.13. The molecule has 2 N–H and O–H groups in total. The minimum atomic E-state index is -0.531. The zero-order valence-corrected chi connectivity index (χ0v) is 14.1. The Kier molecular flexibility index (Phi) is 6.86. The summed E-state index contributed by atoms with van der Waals surface area (Å²) in [6, 6.07) is 8.01. The number of aliphatic hydroxyl groups excluding tert-OH is 1. The molecule has 1 saturated heterocycles. The summed E-state index contributed by atoms with van der Waals surface area (Å²) in [4.78, 5) is 13.7. The van der Waals surface area contributed by atoms with Crippen LogP contribution < -0.4 is 10.1 Å². The second-order valence-corrected chi connectivity index (χ2v) is 6.30. The normalized spacial score (nSPS) is 20.0. The molecular weight excluding hydrogens is 292 g/mol. The molecule has 1 aliphatic rings. The number of hydrogen-bond donors (Lipinski definition) is 2. The molecule has 2 unspecified atom stereocenters. The molecule has 0 spiro atoms. The zero-order valence-electron chi connectivity index (χ0n) is 14.1. The van der Waals surface area contributed by atoms with Gasteiger partial charge in [0.05, 0.1) is 0 Å². The number of β-amino-alcohol motifs (C(OH)–C–C–N with tert-alkyl or cyclic N) is 1. The van der Waals surface area contributed by atoms with Crippen LogP contribution in [0, 0.1) is 6.92 Å². The Labute approximate surface area is 138 Å². The summed E-state index contributed by atoms with van der Waals surface area (Å²) in [5.74, 6) is 0.876. The lowest BCUT2D eigenvalue weighted by Crippen LogP contribution is -2.49. The maximum atomic E-state index is 11.5. The quantitative estimate of drug-likeness (QED) is 0.803. The van der Waals surface area contributed by atoms with Crippen LogP contribution in [-0.4, -0.2) is 54.3 Å². The highest BCUT2D eigenvalue weighted by molar-refractivity contribution is 5.75. The van der Waals surface area contributed by atoms with Crippen molar-refractivity contribution in [1.29, 1.82) is 0 Å². The third-order valence-electron chi connectivity index (χ3n) is 4.12. The second-order valence-electron chi connectivity index (χ2n) is 6.30. The van der Waals surface area contributed by atoms with Gasteiger partial charge < -0.3 is 15.2 Å². The van der Waals surface area contributed by atoms with E-state index in [0.29, 0.717) is 13.0 Å². The first-order chi connectivity index (χ1) is 11.1. The Balaban J connectivity index is 1.72. The van der Waals surface area contributed by atoms with E-state index in [1.807, 2.05) is 38.1 Å². The number of carbonyl (C=O) groups excluding carboxylic acids is 1. The number of likely N-dealkylation sites (tertiary alicyclic amines) is 1. The molecule has 2 rings (SSSR count). The molecule has 1 heterocycles. The highest BCUT2D eigenvalue weighted by Gasteiger charge is 2.22. The average molecular weight is 320 g/mol. The van der Waals surface area contributed by atoms with Crippen molar-refractivity contribution in [2.75, 3.05) is 26.2 Å². The first-order valence-corrected chi connectivity index (χ1v) is 8.46. The number of carbonyl (C=O) groups is 1. The van der Waals surface area contributed by atoms with Crippen LogP contribution in [0.1, 0.15) is 31.7 Å². The van der Waals surface area contributed by atoms with Crippen LogP contribution in [0.2, 0.25) is 0 Å². The number of hydrogen-bond acceptors (Lipinski definition) is 4. The van der Waals surface area contributed by atoms with Crippen LogP contribution >= 0.6 is 0 Å². The fraction of sp³-hybridized carbons (Fsp3) is 0.611. The molecule has 1 aromatic rings. The number of ether oxygens (including phenoxy) is 1. The van der Waals surface area contributed by atoms with E-state index in [0.717, 1.165) is 31.7 Å². The van der Waals surface area contributed by atoms with Gasteiger partial charge in [0.25, 0.3) is 0 Å². The summed E-state index contributed by atoms with van der Waals surface area (Å²) in [6.07, 6.45) is 2.04. The van der Waals surface area contributed by atoms with E-state index < -0.39 is 6.10 Å². The molecule has 5 nitrogen and oxygen atoms in total. The lowest BCUT2D eigenvalue weighted by Gasteiger charge is -2.34. The van der Waals surface area contributed by atoms with E-state index in [9.17, 15) is 9.90 Å². The first kappa shape index (κ1) is 17.8. The number of piperidine rings is 1. The minimum absolute atomic E-state index is 0.0973. The van der Waals surface area contributed by atoms with Gasteiger partial charge in [0.1, 0.15) is 18.5 Å². The van der Waals surface area contributed by atoms with Gasteiger partial charge in [0.2, 0.25) is 5.91 Å². The van der Waals surface area contributed by atoms with Crippen LogP contribution in [0.5, 0.6) is 5.75 Å². The number of benzene rings is 1. The van der Waals surface area contributed by atoms with Gasteiger partial charge in [-0.1, -0.05) is 24.6 Å². The monoisotopic (exact) mass is 320 g/mol. The summed E-state index contributed by atoms with van der Waals surface area (Å²) in [5, 5.41) is 13.2. The Hall–Kier alpha value is -1.59. The molecule has 2 atom stereocenters. The van der Waals surface area contributed by atoms with E-state index in [2.05, 4.69) is 10.2 Å². The van der Waals surface area contributed by atoms with Crippen LogP contribution in [0.25, 0.3) is 0 Å². The Morgan fingerprint density at radius 2 is 2.17 bits per heavy atom. The number of nitrogens with zero attached hydrogens (tertiary/aromatic N) is 1. The van der Waals surface area contributed by atoms with Gasteiger partial charge in [-0.15, -0.1) is 0 Å². The van der Waals surface area contributed by atoms with Crippen molar-refractivity contribution in [3.8, 4) is 5.75 Å². The number of aliphatic hydroxyl groups is 1. The number of nitrogens with one attached hydrogen (secondary N) is 1. The number of aryl methyl sites for hydroxylation is 1. The van der Waals surface area contributed by atoms with Crippen LogP contribution in [0.4, 0.5) is 0 Å². The van der Waals surface area contributed by atoms with Crippen molar-refractivity contribution >= 4 is 5.91 Å². The van der Waals surface area contributed by atoms with E-state index >= 15 is 0 Å². The third-order valence-corrected chi connectivity index (χ3v) is 4.12. The molecule has 1 aromatic carbocycles. The van der Waals surface area contributed by atoms with E-state index in [-0.39, 0.29) is 18.6 Å². The summed E-state index contributed by atoms with van der Waals surface area (Å²) >= 11 is 0.